The zero-order chi connectivity index (χ0) is 13.5. The molecule has 1 aliphatic carbocycles. The van der Waals surface area contributed by atoms with Gasteiger partial charge in [0, 0.05) is 30.2 Å². The summed E-state index contributed by atoms with van der Waals surface area (Å²) >= 11 is 0. The number of anilines is 1. The highest BCUT2D eigenvalue weighted by molar-refractivity contribution is 5.70. The van der Waals surface area contributed by atoms with Gasteiger partial charge in [0.05, 0.1) is 5.69 Å². The third kappa shape index (κ3) is 1.97. The summed E-state index contributed by atoms with van der Waals surface area (Å²) in [5.74, 6) is 1.05. The zero-order valence-electron chi connectivity index (χ0n) is 10.8. The molecule has 0 spiro atoms. The Morgan fingerprint density at radius 3 is 3.00 bits per heavy atom. The molecule has 2 heterocycles. The summed E-state index contributed by atoms with van der Waals surface area (Å²) in [7, 11) is 0. The van der Waals surface area contributed by atoms with E-state index in [1.807, 2.05) is 28.9 Å². The van der Waals surface area contributed by atoms with E-state index in [0.29, 0.717) is 6.04 Å². The molecular formula is C15H14N4O. The van der Waals surface area contributed by atoms with Crippen LogP contribution in [-0.4, -0.2) is 25.5 Å². The SMILES string of the molecule is Oc1cccc(-c2cn3ccnc3c(NC3CC3)n2)c1. The van der Waals surface area contributed by atoms with Gasteiger partial charge in [0.1, 0.15) is 5.75 Å². The monoisotopic (exact) mass is 266 g/mol. The van der Waals surface area contributed by atoms with E-state index in [-0.39, 0.29) is 5.75 Å². The molecule has 0 atom stereocenters. The standard InChI is InChI=1S/C15H14N4O/c20-12-3-1-2-10(8-12)13-9-19-7-6-16-15(19)14(18-13)17-11-4-5-11/h1-3,6-9,11,20H,4-5H2,(H,17,18). The van der Waals surface area contributed by atoms with Crippen LogP contribution in [-0.2, 0) is 0 Å². The van der Waals surface area contributed by atoms with Crippen molar-refractivity contribution in [1.29, 1.82) is 0 Å². The molecule has 1 saturated carbocycles. The second-order valence-corrected chi connectivity index (χ2v) is 5.10. The molecule has 2 aromatic heterocycles. The summed E-state index contributed by atoms with van der Waals surface area (Å²) in [4.78, 5) is 9.00. The first-order chi connectivity index (χ1) is 9.79. The summed E-state index contributed by atoms with van der Waals surface area (Å²) < 4.78 is 1.96. The van der Waals surface area contributed by atoms with E-state index in [9.17, 15) is 5.11 Å². The number of benzene rings is 1. The van der Waals surface area contributed by atoms with Crippen LogP contribution in [0, 0.1) is 0 Å². The molecule has 1 aromatic carbocycles. The fourth-order valence-corrected chi connectivity index (χ4v) is 2.25. The van der Waals surface area contributed by atoms with Gasteiger partial charge in [-0.25, -0.2) is 9.97 Å². The van der Waals surface area contributed by atoms with Crippen LogP contribution < -0.4 is 5.32 Å². The van der Waals surface area contributed by atoms with E-state index in [1.165, 1.54) is 12.8 Å². The Balaban J connectivity index is 1.86. The molecule has 0 aliphatic heterocycles. The molecule has 0 unspecified atom stereocenters. The molecule has 1 fully saturated rings. The van der Waals surface area contributed by atoms with Crippen LogP contribution in [0.15, 0.2) is 42.9 Å². The fraction of sp³-hybridized carbons (Fsp3) is 0.200. The number of rotatable bonds is 3. The van der Waals surface area contributed by atoms with E-state index in [2.05, 4.69) is 15.3 Å². The summed E-state index contributed by atoms with van der Waals surface area (Å²) in [5.41, 5.74) is 2.54. The van der Waals surface area contributed by atoms with Gasteiger partial charge in [0.15, 0.2) is 11.5 Å². The van der Waals surface area contributed by atoms with Gasteiger partial charge >= 0.3 is 0 Å². The number of hydrogen-bond donors (Lipinski definition) is 2. The van der Waals surface area contributed by atoms with Crippen LogP contribution >= 0.6 is 0 Å². The Bertz CT molecular complexity index is 776. The van der Waals surface area contributed by atoms with Crippen molar-refractivity contribution in [1.82, 2.24) is 14.4 Å². The lowest BCUT2D eigenvalue weighted by Gasteiger charge is -2.09. The second kappa shape index (κ2) is 4.23. The normalized spacial score (nSPS) is 14.6. The Kier molecular flexibility index (Phi) is 2.39. The predicted octanol–water partition coefficient (Wildman–Crippen LogP) is 2.68. The van der Waals surface area contributed by atoms with Gasteiger partial charge in [-0.05, 0) is 25.0 Å². The summed E-state index contributed by atoms with van der Waals surface area (Å²) in [6.45, 7) is 0. The van der Waals surface area contributed by atoms with Gasteiger partial charge in [-0.3, -0.25) is 0 Å². The van der Waals surface area contributed by atoms with Gasteiger partial charge < -0.3 is 14.8 Å². The van der Waals surface area contributed by atoms with Gasteiger partial charge in [0.2, 0.25) is 0 Å². The Morgan fingerprint density at radius 1 is 1.30 bits per heavy atom. The first kappa shape index (κ1) is 11.3. The van der Waals surface area contributed by atoms with Crippen molar-refractivity contribution in [2.24, 2.45) is 0 Å². The van der Waals surface area contributed by atoms with Crippen molar-refractivity contribution < 1.29 is 5.11 Å². The summed E-state index contributed by atoms with van der Waals surface area (Å²) in [6.07, 6.45) is 7.97. The maximum absolute atomic E-state index is 9.61. The zero-order valence-corrected chi connectivity index (χ0v) is 10.8. The van der Waals surface area contributed by atoms with Crippen LogP contribution in [0.2, 0.25) is 0 Å². The summed E-state index contributed by atoms with van der Waals surface area (Å²) in [5, 5.41) is 13.0. The molecule has 3 aromatic rings. The lowest BCUT2D eigenvalue weighted by molar-refractivity contribution is 0.475. The van der Waals surface area contributed by atoms with Crippen LogP contribution in [0.25, 0.3) is 16.9 Å². The number of nitrogens with zero attached hydrogens (tertiary/aromatic N) is 3. The minimum Gasteiger partial charge on any atom is -0.508 e. The molecule has 0 saturated heterocycles. The summed E-state index contributed by atoms with van der Waals surface area (Å²) in [6, 6.07) is 7.64. The molecule has 100 valence electrons. The maximum atomic E-state index is 9.61. The minimum absolute atomic E-state index is 0.242. The third-order valence-corrected chi connectivity index (χ3v) is 3.43. The fourth-order valence-electron chi connectivity index (χ4n) is 2.25. The largest absolute Gasteiger partial charge is 0.508 e. The van der Waals surface area contributed by atoms with Crippen molar-refractivity contribution in [2.45, 2.75) is 18.9 Å². The molecule has 0 radical (unpaired) electrons. The first-order valence-corrected chi connectivity index (χ1v) is 6.69. The number of aromatic nitrogens is 3. The van der Waals surface area contributed by atoms with E-state index < -0.39 is 0 Å². The molecule has 1 aliphatic rings. The Labute approximate surface area is 115 Å². The Morgan fingerprint density at radius 2 is 2.20 bits per heavy atom. The lowest BCUT2D eigenvalue weighted by Crippen LogP contribution is -2.06. The van der Waals surface area contributed by atoms with Crippen molar-refractivity contribution in [3.8, 4) is 17.0 Å². The van der Waals surface area contributed by atoms with Crippen molar-refractivity contribution >= 4 is 11.5 Å². The molecule has 0 amide bonds. The molecule has 5 heteroatoms. The van der Waals surface area contributed by atoms with Gasteiger partial charge in [-0.1, -0.05) is 12.1 Å². The van der Waals surface area contributed by atoms with Crippen molar-refractivity contribution in [3.05, 3.63) is 42.9 Å². The average Bonchev–Trinajstić information content (AvgIpc) is 3.13. The third-order valence-electron chi connectivity index (χ3n) is 3.43. The van der Waals surface area contributed by atoms with Crippen molar-refractivity contribution in [2.75, 3.05) is 5.32 Å². The predicted molar refractivity (Wildman–Crippen MR) is 76.7 cm³/mol. The van der Waals surface area contributed by atoms with Gasteiger partial charge in [-0.15, -0.1) is 0 Å². The highest BCUT2D eigenvalue weighted by Gasteiger charge is 2.23. The quantitative estimate of drug-likeness (QED) is 0.765. The van der Waals surface area contributed by atoms with Gasteiger partial charge in [-0.2, -0.15) is 0 Å². The van der Waals surface area contributed by atoms with Crippen LogP contribution in [0.5, 0.6) is 5.75 Å². The molecule has 5 nitrogen and oxygen atoms in total. The number of phenols is 1. The van der Waals surface area contributed by atoms with E-state index in [4.69, 9.17) is 0 Å². The van der Waals surface area contributed by atoms with Crippen LogP contribution in [0.3, 0.4) is 0 Å². The molecule has 4 rings (SSSR count). The lowest BCUT2D eigenvalue weighted by atomic mass is 10.1. The Hall–Kier alpha value is -2.56. The number of imidazole rings is 1. The van der Waals surface area contributed by atoms with Crippen LogP contribution in [0.1, 0.15) is 12.8 Å². The molecule has 0 bridgehead atoms. The number of nitrogens with one attached hydrogen (secondary N) is 1. The highest BCUT2D eigenvalue weighted by atomic mass is 16.3. The molecule has 2 N–H and O–H groups in total. The smallest absolute Gasteiger partial charge is 0.180 e. The first-order valence-electron chi connectivity index (χ1n) is 6.69. The van der Waals surface area contributed by atoms with E-state index in [0.717, 1.165) is 22.7 Å². The number of fused-ring (bicyclic) bond motifs is 1. The molecule has 20 heavy (non-hydrogen) atoms. The minimum atomic E-state index is 0.242. The maximum Gasteiger partial charge on any atom is 0.180 e. The average molecular weight is 266 g/mol. The van der Waals surface area contributed by atoms with Crippen LogP contribution in [0.4, 0.5) is 5.82 Å². The number of phenolic OH excluding ortho intramolecular Hbond substituents is 1. The topological polar surface area (TPSA) is 62.5 Å². The van der Waals surface area contributed by atoms with E-state index >= 15 is 0 Å². The highest BCUT2D eigenvalue weighted by Crippen LogP contribution is 2.28. The van der Waals surface area contributed by atoms with Crippen molar-refractivity contribution in [3.63, 3.8) is 0 Å². The second-order valence-electron chi connectivity index (χ2n) is 5.10. The molecular weight excluding hydrogens is 252 g/mol. The van der Waals surface area contributed by atoms with Gasteiger partial charge in [0.25, 0.3) is 0 Å². The number of aromatic hydroxyl groups is 1. The number of hydrogen-bond acceptors (Lipinski definition) is 4. The van der Waals surface area contributed by atoms with E-state index in [1.54, 1.807) is 18.3 Å².